The number of aromatic amines is 1. The molecule has 3 heterocycles. The Morgan fingerprint density at radius 1 is 0.971 bits per heavy atom. The molecule has 0 radical (unpaired) electrons. The number of hydrogen-bond donors (Lipinski definition) is 3. The van der Waals surface area contributed by atoms with Gasteiger partial charge in [-0.2, -0.15) is 5.10 Å². The van der Waals surface area contributed by atoms with Crippen LogP contribution in [-0.4, -0.2) is 71.2 Å². The highest BCUT2D eigenvalue weighted by atomic mass is 15.1. The van der Waals surface area contributed by atoms with Crippen molar-refractivity contribution in [2.24, 2.45) is 0 Å². The molecule has 34 heavy (non-hydrogen) atoms. The molecule has 0 spiro atoms. The quantitative estimate of drug-likeness (QED) is 0.331. The van der Waals surface area contributed by atoms with Crippen LogP contribution in [0.5, 0.6) is 0 Å². The molecular formula is C26H32N8. The number of pyridine rings is 2. The molecule has 176 valence electrons. The van der Waals surface area contributed by atoms with E-state index >= 15 is 0 Å². The van der Waals surface area contributed by atoms with Gasteiger partial charge < -0.3 is 20.4 Å². The zero-order valence-electron chi connectivity index (χ0n) is 20.3. The van der Waals surface area contributed by atoms with E-state index in [4.69, 9.17) is 0 Å². The largest absolute Gasteiger partial charge is 0.369 e. The van der Waals surface area contributed by atoms with Crippen molar-refractivity contribution in [3.63, 3.8) is 0 Å². The molecule has 0 saturated heterocycles. The maximum Gasteiger partial charge on any atom is 0.126 e. The van der Waals surface area contributed by atoms with Gasteiger partial charge in [-0.15, -0.1) is 0 Å². The molecule has 0 fully saturated rings. The Balaban J connectivity index is 1.50. The van der Waals surface area contributed by atoms with Crippen molar-refractivity contribution in [2.45, 2.75) is 6.54 Å². The van der Waals surface area contributed by atoms with Crippen LogP contribution in [0, 0.1) is 0 Å². The van der Waals surface area contributed by atoms with Gasteiger partial charge in [-0.05, 0) is 69.6 Å². The molecule has 0 aliphatic heterocycles. The number of nitrogens with zero attached hydrogens (tertiary/aromatic N) is 5. The molecule has 8 heteroatoms. The number of anilines is 2. The Kier molecular flexibility index (Phi) is 7.20. The third-order valence-electron chi connectivity index (χ3n) is 5.40. The van der Waals surface area contributed by atoms with Gasteiger partial charge in [0.2, 0.25) is 0 Å². The first-order chi connectivity index (χ1) is 16.4. The van der Waals surface area contributed by atoms with E-state index in [1.54, 1.807) is 6.20 Å². The molecule has 8 nitrogen and oxygen atoms in total. The van der Waals surface area contributed by atoms with Gasteiger partial charge in [0.1, 0.15) is 11.5 Å². The van der Waals surface area contributed by atoms with Crippen molar-refractivity contribution >= 4 is 28.1 Å². The van der Waals surface area contributed by atoms with Crippen molar-refractivity contribution in [3.8, 4) is 11.1 Å². The molecule has 3 N–H and O–H groups in total. The normalized spacial score (nSPS) is 11.4. The first-order valence-corrected chi connectivity index (χ1v) is 11.3. The third-order valence-corrected chi connectivity index (χ3v) is 5.40. The Morgan fingerprint density at radius 3 is 2.56 bits per heavy atom. The minimum atomic E-state index is 0.706. The molecule has 0 unspecified atom stereocenters. The lowest BCUT2D eigenvalue weighted by Crippen LogP contribution is -2.21. The van der Waals surface area contributed by atoms with E-state index < -0.39 is 0 Å². The standard InChI is InChI=1S/C26H32N8/c1-18(30-22-7-9-25(29-16-22)28-10-11-33(2)3)26-23-13-20(6-8-24(23)31-32-26)21-12-19(14-27-15-21)17-34(4)5/h6-9,12-16,30H,1,10-11,17H2,2-5H3,(H,28,29)(H,31,32). The van der Waals surface area contributed by atoms with Crippen LogP contribution >= 0.6 is 0 Å². The summed E-state index contributed by atoms with van der Waals surface area (Å²) in [4.78, 5) is 13.2. The Labute approximate surface area is 200 Å². The molecule has 0 aliphatic rings. The molecule has 4 aromatic rings. The minimum Gasteiger partial charge on any atom is -0.369 e. The van der Waals surface area contributed by atoms with Gasteiger partial charge in [0.25, 0.3) is 0 Å². The molecule has 0 atom stereocenters. The predicted octanol–water partition coefficient (Wildman–Crippen LogP) is 4.14. The molecule has 0 bridgehead atoms. The highest BCUT2D eigenvalue weighted by molar-refractivity contribution is 5.95. The van der Waals surface area contributed by atoms with Gasteiger partial charge in [-0.3, -0.25) is 10.1 Å². The maximum atomic E-state index is 4.51. The van der Waals surface area contributed by atoms with E-state index in [0.29, 0.717) is 5.70 Å². The van der Waals surface area contributed by atoms with E-state index in [1.165, 1.54) is 5.56 Å². The number of H-pyrrole nitrogens is 1. The third kappa shape index (κ3) is 5.78. The molecule has 0 saturated carbocycles. The number of likely N-dealkylation sites (N-methyl/N-ethyl adjacent to an activating group) is 1. The van der Waals surface area contributed by atoms with E-state index in [0.717, 1.165) is 58.9 Å². The average Bonchev–Trinajstić information content (AvgIpc) is 3.23. The molecular weight excluding hydrogens is 424 g/mol. The summed E-state index contributed by atoms with van der Waals surface area (Å²) in [6.07, 6.45) is 5.60. The van der Waals surface area contributed by atoms with Crippen molar-refractivity contribution in [1.82, 2.24) is 30.0 Å². The monoisotopic (exact) mass is 456 g/mol. The van der Waals surface area contributed by atoms with Crippen LogP contribution in [0.4, 0.5) is 11.5 Å². The van der Waals surface area contributed by atoms with Gasteiger partial charge in [-0.25, -0.2) is 4.98 Å². The van der Waals surface area contributed by atoms with Crippen molar-refractivity contribution in [1.29, 1.82) is 0 Å². The lowest BCUT2D eigenvalue weighted by Gasteiger charge is -2.12. The highest BCUT2D eigenvalue weighted by Crippen LogP contribution is 2.29. The van der Waals surface area contributed by atoms with Crippen LogP contribution < -0.4 is 10.6 Å². The number of rotatable bonds is 10. The first kappa shape index (κ1) is 23.4. The van der Waals surface area contributed by atoms with E-state index in [9.17, 15) is 0 Å². The van der Waals surface area contributed by atoms with Gasteiger partial charge in [-0.1, -0.05) is 12.6 Å². The van der Waals surface area contributed by atoms with Gasteiger partial charge in [0.15, 0.2) is 0 Å². The topological polar surface area (TPSA) is 85.0 Å². The lowest BCUT2D eigenvalue weighted by atomic mass is 10.0. The second-order valence-corrected chi connectivity index (χ2v) is 8.92. The SMILES string of the molecule is C=C(Nc1ccc(NCCN(C)C)nc1)c1n[nH]c2ccc(-c3cncc(CN(C)C)c3)cc12. The highest BCUT2D eigenvalue weighted by Gasteiger charge is 2.12. The van der Waals surface area contributed by atoms with Crippen LogP contribution in [0.1, 0.15) is 11.3 Å². The summed E-state index contributed by atoms with van der Waals surface area (Å²) in [5, 5.41) is 15.3. The van der Waals surface area contributed by atoms with E-state index in [-0.39, 0.29) is 0 Å². The number of hydrogen-bond acceptors (Lipinski definition) is 7. The second kappa shape index (κ2) is 10.5. The molecule has 3 aromatic heterocycles. The number of nitrogens with one attached hydrogen (secondary N) is 3. The fourth-order valence-electron chi connectivity index (χ4n) is 3.73. The second-order valence-electron chi connectivity index (χ2n) is 8.92. The van der Waals surface area contributed by atoms with Crippen LogP contribution in [0.15, 0.2) is 61.6 Å². The van der Waals surface area contributed by atoms with Gasteiger partial charge in [0, 0.05) is 43.0 Å². The smallest absolute Gasteiger partial charge is 0.126 e. The van der Waals surface area contributed by atoms with Crippen LogP contribution in [0.2, 0.25) is 0 Å². The number of benzene rings is 1. The fraction of sp³-hybridized carbons (Fsp3) is 0.269. The Bertz CT molecular complexity index is 1260. The summed E-state index contributed by atoms with van der Waals surface area (Å²) in [6.45, 7) is 6.86. The maximum absolute atomic E-state index is 4.51. The summed E-state index contributed by atoms with van der Waals surface area (Å²) in [7, 11) is 8.21. The van der Waals surface area contributed by atoms with Crippen molar-refractivity contribution in [3.05, 3.63) is 72.8 Å². The summed E-state index contributed by atoms with van der Waals surface area (Å²) in [5.41, 5.74) is 6.64. The van der Waals surface area contributed by atoms with Gasteiger partial charge >= 0.3 is 0 Å². The Morgan fingerprint density at radius 2 is 1.82 bits per heavy atom. The number of fused-ring (bicyclic) bond motifs is 1. The van der Waals surface area contributed by atoms with Crippen molar-refractivity contribution < 1.29 is 0 Å². The summed E-state index contributed by atoms with van der Waals surface area (Å²) in [5.74, 6) is 0.845. The molecule has 1 aromatic carbocycles. The predicted molar refractivity (Wildman–Crippen MR) is 141 cm³/mol. The number of aromatic nitrogens is 4. The zero-order valence-corrected chi connectivity index (χ0v) is 20.3. The Hall–Kier alpha value is -3.75. The fourth-order valence-corrected chi connectivity index (χ4v) is 3.73. The van der Waals surface area contributed by atoms with Crippen LogP contribution in [0.3, 0.4) is 0 Å². The van der Waals surface area contributed by atoms with Crippen molar-refractivity contribution in [2.75, 3.05) is 51.9 Å². The van der Waals surface area contributed by atoms with E-state index in [1.807, 2.05) is 30.6 Å². The molecule has 4 rings (SSSR count). The summed E-state index contributed by atoms with van der Waals surface area (Å²) < 4.78 is 0. The van der Waals surface area contributed by atoms with Crippen LogP contribution in [-0.2, 0) is 6.54 Å². The first-order valence-electron chi connectivity index (χ1n) is 11.3. The zero-order chi connectivity index (χ0) is 24.1. The molecule has 0 aliphatic carbocycles. The van der Waals surface area contributed by atoms with Gasteiger partial charge in [0.05, 0.1) is 23.1 Å². The lowest BCUT2D eigenvalue weighted by molar-refractivity contribution is 0.402. The summed E-state index contributed by atoms with van der Waals surface area (Å²) in [6, 6.07) is 12.4. The average molecular weight is 457 g/mol. The minimum absolute atomic E-state index is 0.706. The van der Waals surface area contributed by atoms with Crippen LogP contribution in [0.25, 0.3) is 27.7 Å². The van der Waals surface area contributed by atoms with E-state index in [2.05, 4.69) is 93.6 Å². The molecule has 0 amide bonds. The summed E-state index contributed by atoms with van der Waals surface area (Å²) >= 11 is 0.